The van der Waals surface area contributed by atoms with Crippen LogP contribution in [0, 0.1) is 5.92 Å². The van der Waals surface area contributed by atoms with Crippen molar-refractivity contribution in [1.82, 2.24) is 24.8 Å². The van der Waals surface area contributed by atoms with Crippen molar-refractivity contribution in [3.63, 3.8) is 0 Å². The van der Waals surface area contributed by atoms with Gasteiger partial charge in [0.15, 0.2) is 5.82 Å². The predicted molar refractivity (Wildman–Crippen MR) is 107 cm³/mol. The first-order valence-corrected chi connectivity index (χ1v) is 11.2. The van der Waals surface area contributed by atoms with Gasteiger partial charge in [0.2, 0.25) is 11.8 Å². The summed E-state index contributed by atoms with van der Waals surface area (Å²) in [7, 11) is 2.20. The van der Waals surface area contributed by atoms with E-state index in [4.69, 9.17) is 4.52 Å². The molecule has 156 valence electrons. The summed E-state index contributed by atoms with van der Waals surface area (Å²) in [6.07, 6.45) is 8.10. The van der Waals surface area contributed by atoms with Crippen LogP contribution in [-0.2, 0) is 11.3 Å². The first-order valence-electron chi connectivity index (χ1n) is 11.2. The highest BCUT2D eigenvalue weighted by Crippen LogP contribution is 2.35. The molecule has 1 aromatic heterocycles. The lowest BCUT2D eigenvalue weighted by Gasteiger charge is -2.42. The number of likely N-dealkylation sites (tertiary alicyclic amines) is 2. The van der Waals surface area contributed by atoms with Gasteiger partial charge in [-0.1, -0.05) is 11.6 Å². The molecule has 2 saturated heterocycles. The molecule has 28 heavy (non-hydrogen) atoms. The summed E-state index contributed by atoms with van der Waals surface area (Å²) < 4.78 is 5.43. The topological polar surface area (TPSA) is 65.7 Å². The molecule has 7 nitrogen and oxygen atoms in total. The van der Waals surface area contributed by atoms with E-state index in [2.05, 4.69) is 27.0 Å². The van der Waals surface area contributed by atoms with Gasteiger partial charge in [0.25, 0.3) is 0 Å². The molecule has 0 spiro atoms. The zero-order valence-corrected chi connectivity index (χ0v) is 17.5. The smallest absolute Gasteiger partial charge is 0.229 e. The van der Waals surface area contributed by atoms with Crippen LogP contribution in [0.5, 0.6) is 0 Å². The summed E-state index contributed by atoms with van der Waals surface area (Å²) >= 11 is 0. The summed E-state index contributed by atoms with van der Waals surface area (Å²) in [6, 6.07) is 0.643. The Balaban J connectivity index is 1.34. The summed E-state index contributed by atoms with van der Waals surface area (Å²) in [5, 5.41) is 4.13. The second kappa shape index (κ2) is 8.91. The fourth-order valence-corrected chi connectivity index (χ4v) is 4.83. The van der Waals surface area contributed by atoms with Crippen molar-refractivity contribution in [2.75, 3.05) is 39.8 Å². The van der Waals surface area contributed by atoms with Gasteiger partial charge in [-0.3, -0.25) is 9.69 Å². The minimum Gasteiger partial charge on any atom is -0.339 e. The van der Waals surface area contributed by atoms with Crippen molar-refractivity contribution in [2.24, 2.45) is 5.92 Å². The summed E-state index contributed by atoms with van der Waals surface area (Å²) in [5.41, 5.74) is 0. The van der Waals surface area contributed by atoms with Crippen LogP contribution in [0.15, 0.2) is 4.52 Å². The Kier molecular flexibility index (Phi) is 6.31. The minimum absolute atomic E-state index is 0.103. The van der Waals surface area contributed by atoms with Crippen molar-refractivity contribution in [3.05, 3.63) is 11.7 Å². The molecule has 3 fully saturated rings. The lowest BCUT2D eigenvalue weighted by molar-refractivity contribution is -0.138. The van der Waals surface area contributed by atoms with Crippen LogP contribution in [0.1, 0.15) is 69.5 Å². The third-order valence-corrected chi connectivity index (χ3v) is 6.97. The number of carbonyl (C=O) groups is 1. The summed E-state index contributed by atoms with van der Waals surface area (Å²) in [5.74, 6) is 2.21. The van der Waals surface area contributed by atoms with Crippen molar-refractivity contribution < 1.29 is 9.32 Å². The standard InChI is InChI=1S/C21H35N5O2/c1-3-25(15-19-22-20(28-23-19)16-6-4-7-16)21(27)17-8-5-11-26(14-17)18-9-12-24(2)13-10-18/h16-18H,3-15H2,1-2H3/t17-/m1/s1. The van der Waals surface area contributed by atoms with Gasteiger partial charge in [0.05, 0.1) is 12.5 Å². The monoisotopic (exact) mass is 389 g/mol. The predicted octanol–water partition coefficient (Wildman–Crippen LogP) is 2.49. The molecular weight excluding hydrogens is 354 g/mol. The molecule has 4 rings (SSSR count). The van der Waals surface area contributed by atoms with Crippen LogP contribution >= 0.6 is 0 Å². The van der Waals surface area contributed by atoms with Crippen LogP contribution in [0.3, 0.4) is 0 Å². The molecule has 7 heteroatoms. The second-order valence-corrected chi connectivity index (χ2v) is 8.90. The second-order valence-electron chi connectivity index (χ2n) is 8.90. The lowest BCUT2D eigenvalue weighted by atomic mass is 9.85. The molecular formula is C21H35N5O2. The number of rotatable bonds is 6. The quantitative estimate of drug-likeness (QED) is 0.745. The van der Waals surface area contributed by atoms with Crippen molar-refractivity contribution in [3.8, 4) is 0 Å². The van der Waals surface area contributed by atoms with Crippen molar-refractivity contribution >= 4 is 5.91 Å². The average molecular weight is 390 g/mol. The Bertz CT molecular complexity index is 651. The summed E-state index contributed by atoms with van der Waals surface area (Å²) in [4.78, 5) is 24.7. The number of amides is 1. The number of aromatic nitrogens is 2. The fourth-order valence-electron chi connectivity index (χ4n) is 4.83. The number of nitrogens with zero attached hydrogens (tertiary/aromatic N) is 5. The molecule has 1 saturated carbocycles. The van der Waals surface area contributed by atoms with E-state index in [0.717, 1.165) is 44.7 Å². The molecule has 3 aliphatic rings. The van der Waals surface area contributed by atoms with Crippen LogP contribution < -0.4 is 0 Å². The maximum absolute atomic E-state index is 13.2. The molecule has 2 aliphatic heterocycles. The Morgan fingerprint density at radius 3 is 2.61 bits per heavy atom. The van der Waals surface area contributed by atoms with Gasteiger partial charge in [0, 0.05) is 25.0 Å². The molecule has 1 atom stereocenters. The van der Waals surface area contributed by atoms with Gasteiger partial charge in [-0.15, -0.1) is 0 Å². The number of hydrogen-bond acceptors (Lipinski definition) is 6. The highest BCUT2D eigenvalue weighted by molar-refractivity contribution is 5.79. The van der Waals surface area contributed by atoms with Gasteiger partial charge >= 0.3 is 0 Å². The van der Waals surface area contributed by atoms with Crippen LogP contribution in [0.2, 0.25) is 0 Å². The zero-order valence-electron chi connectivity index (χ0n) is 17.5. The van der Waals surface area contributed by atoms with Crippen molar-refractivity contribution in [2.45, 2.75) is 70.4 Å². The van der Waals surface area contributed by atoms with E-state index in [1.807, 2.05) is 11.8 Å². The normalized spacial score (nSPS) is 25.6. The molecule has 3 heterocycles. The maximum Gasteiger partial charge on any atom is 0.229 e. The van der Waals surface area contributed by atoms with Gasteiger partial charge in [-0.2, -0.15) is 4.98 Å². The van der Waals surface area contributed by atoms with Crippen LogP contribution in [-0.4, -0.2) is 76.6 Å². The molecule has 0 aromatic carbocycles. The van der Waals surface area contributed by atoms with E-state index in [0.29, 0.717) is 30.9 Å². The number of hydrogen-bond donors (Lipinski definition) is 0. The van der Waals surface area contributed by atoms with Crippen LogP contribution in [0.25, 0.3) is 0 Å². The Morgan fingerprint density at radius 2 is 1.93 bits per heavy atom. The third-order valence-electron chi connectivity index (χ3n) is 6.97. The third kappa shape index (κ3) is 4.40. The first-order chi connectivity index (χ1) is 13.6. The maximum atomic E-state index is 13.2. The Morgan fingerprint density at radius 1 is 1.14 bits per heavy atom. The molecule has 1 amide bonds. The molecule has 0 radical (unpaired) electrons. The molecule has 1 aliphatic carbocycles. The molecule has 0 unspecified atom stereocenters. The van der Waals surface area contributed by atoms with Gasteiger partial charge in [-0.05, 0) is 72.1 Å². The Hall–Kier alpha value is -1.47. The SMILES string of the molecule is CCN(Cc1noc(C2CCC2)n1)C(=O)[C@@H]1CCCN(C2CCN(C)CC2)C1. The minimum atomic E-state index is 0.103. The van der Waals surface area contributed by atoms with E-state index >= 15 is 0 Å². The van der Waals surface area contributed by atoms with Gasteiger partial charge < -0.3 is 14.3 Å². The number of piperidine rings is 2. The van der Waals surface area contributed by atoms with E-state index in [9.17, 15) is 4.79 Å². The van der Waals surface area contributed by atoms with E-state index < -0.39 is 0 Å². The van der Waals surface area contributed by atoms with E-state index in [-0.39, 0.29) is 11.8 Å². The Labute approximate surface area is 168 Å². The van der Waals surface area contributed by atoms with Gasteiger partial charge in [0.1, 0.15) is 0 Å². The fraction of sp³-hybridized carbons (Fsp3) is 0.857. The average Bonchev–Trinajstić information content (AvgIpc) is 3.12. The highest BCUT2D eigenvalue weighted by Gasteiger charge is 2.33. The van der Waals surface area contributed by atoms with Crippen LogP contribution in [0.4, 0.5) is 0 Å². The van der Waals surface area contributed by atoms with E-state index in [1.165, 1.54) is 32.4 Å². The summed E-state index contributed by atoms with van der Waals surface area (Å²) in [6.45, 7) is 7.59. The molecule has 0 N–H and O–H groups in total. The molecule has 0 bridgehead atoms. The lowest BCUT2D eigenvalue weighted by Crippen LogP contribution is -2.50. The molecule has 1 aromatic rings. The highest BCUT2D eigenvalue weighted by atomic mass is 16.5. The largest absolute Gasteiger partial charge is 0.339 e. The van der Waals surface area contributed by atoms with Crippen molar-refractivity contribution in [1.29, 1.82) is 0 Å². The zero-order chi connectivity index (χ0) is 19.5. The first kappa shape index (κ1) is 19.8. The van der Waals surface area contributed by atoms with E-state index in [1.54, 1.807) is 0 Å². The van der Waals surface area contributed by atoms with Gasteiger partial charge in [-0.25, -0.2) is 0 Å². The number of carbonyl (C=O) groups excluding carboxylic acids is 1.